The number of rotatable bonds is 6. The van der Waals surface area contributed by atoms with Crippen molar-refractivity contribution in [1.29, 1.82) is 0 Å². The number of hydrazone groups is 1. The van der Waals surface area contributed by atoms with Crippen LogP contribution in [-0.2, 0) is 5.75 Å². The van der Waals surface area contributed by atoms with Crippen LogP contribution in [0.1, 0.15) is 28.4 Å². The molecule has 0 spiro atoms. The fourth-order valence-electron chi connectivity index (χ4n) is 2.65. The molecule has 0 saturated carbocycles. The minimum absolute atomic E-state index is 0.237. The summed E-state index contributed by atoms with van der Waals surface area (Å²) in [5.41, 5.74) is 6.92. The number of carbonyl (C=O) groups is 1. The van der Waals surface area contributed by atoms with Crippen molar-refractivity contribution in [2.75, 3.05) is 0 Å². The average molecular weight is 419 g/mol. The number of fused-ring (bicyclic) bond motifs is 1. The van der Waals surface area contributed by atoms with Gasteiger partial charge in [-0.15, -0.1) is 11.3 Å². The van der Waals surface area contributed by atoms with Gasteiger partial charge in [0.1, 0.15) is 0 Å². The normalized spacial score (nSPS) is 11.6. The summed E-state index contributed by atoms with van der Waals surface area (Å²) in [7, 11) is 0. The van der Waals surface area contributed by atoms with E-state index in [1.807, 2.05) is 61.5 Å². The second kappa shape index (κ2) is 8.98. The molecule has 0 aliphatic carbocycles. The predicted molar refractivity (Wildman–Crippen MR) is 120 cm³/mol. The number of carbonyl (C=O) groups excluding carboxylic acids is 1. The van der Waals surface area contributed by atoms with Crippen molar-refractivity contribution >= 4 is 44.9 Å². The summed E-state index contributed by atoms with van der Waals surface area (Å²) < 4.78 is 2.25. The maximum atomic E-state index is 12.3. The third kappa shape index (κ3) is 4.88. The summed E-state index contributed by atoms with van der Waals surface area (Å²) in [6, 6.07) is 19.4. The minimum Gasteiger partial charge on any atom is -0.267 e. The zero-order chi connectivity index (χ0) is 20.1. The van der Waals surface area contributed by atoms with Crippen molar-refractivity contribution in [3.8, 4) is 0 Å². The first kappa shape index (κ1) is 19.3. The molecule has 5 nitrogen and oxygen atoms in total. The first-order valence-electron chi connectivity index (χ1n) is 9.01. The standard InChI is InChI=1S/C22H18N4OS2/c1-15(18-5-4-12-23-13-18)25-26-21(27)17-10-8-16(9-11-17)14-28-22-24-19-6-2-3-7-20(19)29-22/h2-13H,14H2,1H3,(H,26,27)/b25-15-. The third-order valence-corrected chi connectivity index (χ3v) is 6.51. The highest BCUT2D eigenvalue weighted by Crippen LogP contribution is 2.31. The first-order valence-corrected chi connectivity index (χ1v) is 10.8. The van der Waals surface area contributed by atoms with Gasteiger partial charge in [-0.3, -0.25) is 9.78 Å². The lowest BCUT2D eigenvalue weighted by molar-refractivity contribution is 0.0955. The van der Waals surface area contributed by atoms with Gasteiger partial charge in [0.25, 0.3) is 5.91 Å². The molecular formula is C22H18N4OS2. The van der Waals surface area contributed by atoms with E-state index in [1.54, 1.807) is 35.5 Å². The van der Waals surface area contributed by atoms with E-state index in [2.05, 4.69) is 26.6 Å². The molecule has 0 bridgehead atoms. The highest BCUT2D eigenvalue weighted by atomic mass is 32.2. The van der Waals surface area contributed by atoms with Crippen LogP contribution in [0.5, 0.6) is 0 Å². The molecule has 144 valence electrons. The number of hydrogen-bond donors (Lipinski definition) is 1. The van der Waals surface area contributed by atoms with Gasteiger partial charge in [0, 0.05) is 29.3 Å². The van der Waals surface area contributed by atoms with Crippen LogP contribution >= 0.6 is 23.1 Å². The Morgan fingerprint density at radius 1 is 1.07 bits per heavy atom. The monoisotopic (exact) mass is 418 g/mol. The molecule has 0 saturated heterocycles. The average Bonchev–Trinajstić information content (AvgIpc) is 3.20. The lowest BCUT2D eigenvalue weighted by Crippen LogP contribution is -2.19. The van der Waals surface area contributed by atoms with Crippen LogP contribution in [-0.4, -0.2) is 21.6 Å². The molecule has 0 aliphatic heterocycles. The summed E-state index contributed by atoms with van der Waals surface area (Å²) in [4.78, 5) is 21.0. The number of thiazole rings is 1. The van der Waals surface area contributed by atoms with E-state index in [-0.39, 0.29) is 5.91 Å². The van der Waals surface area contributed by atoms with Gasteiger partial charge in [0.15, 0.2) is 4.34 Å². The van der Waals surface area contributed by atoms with E-state index in [0.717, 1.165) is 26.7 Å². The first-order chi connectivity index (χ1) is 14.2. The Morgan fingerprint density at radius 3 is 2.66 bits per heavy atom. The summed E-state index contributed by atoms with van der Waals surface area (Å²) >= 11 is 3.40. The predicted octanol–water partition coefficient (Wildman–Crippen LogP) is 5.14. The van der Waals surface area contributed by atoms with Crippen LogP contribution in [0.15, 0.2) is 82.5 Å². The summed E-state index contributed by atoms with van der Waals surface area (Å²) in [6.45, 7) is 1.83. The Labute approximate surface area is 176 Å². The molecule has 2 aromatic heterocycles. The van der Waals surface area contributed by atoms with Crippen molar-refractivity contribution in [2.24, 2.45) is 5.10 Å². The Kier molecular flexibility index (Phi) is 5.97. The maximum Gasteiger partial charge on any atom is 0.271 e. The smallest absolute Gasteiger partial charge is 0.267 e. The number of nitrogens with one attached hydrogen (secondary N) is 1. The molecule has 1 N–H and O–H groups in total. The molecular weight excluding hydrogens is 400 g/mol. The van der Waals surface area contributed by atoms with E-state index in [0.29, 0.717) is 11.3 Å². The van der Waals surface area contributed by atoms with Crippen LogP contribution in [0.2, 0.25) is 0 Å². The minimum atomic E-state index is -0.237. The van der Waals surface area contributed by atoms with Crippen LogP contribution in [0.4, 0.5) is 0 Å². The van der Waals surface area contributed by atoms with Gasteiger partial charge in [0.05, 0.1) is 15.9 Å². The second-order valence-corrected chi connectivity index (χ2v) is 8.57. The molecule has 0 unspecified atom stereocenters. The van der Waals surface area contributed by atoms with Gasteiger partial charge in [-0.1, -0.05) is 42.1 Å². The van der Waals surface area contributed by atoms with Gasteiger partial charge in [-0.25, -0.2) is 10.4 Å². The zero-order valence-electron chi connectivity index (χ0n) is 15.7. The Bertz CT molecular complexity index is 1120. The molecule has 4 rings (SSSR count). The molecule has 0 radical (unpaired) electrons. The molecule has 7 heteroatoms. The number of hydrogen-bond acceptors (Lipinski definition) is 6. The third-order valence-electron chi connectivity index (χ3n) is 4.26. The lowest BCUT2D eigenvalue weighted by atomic mass is 10.1. The fourth-order valence-corrected chi connectivity index (χ4v) is 4.68. The number of aromatic nitrogens is 2. The van der Waals surface area contributed by atoms with Crippen LogP contribution < -0.4 is 5.43 Å². The quantitative estimate of drug-likeness (QED) is 0.268. The molecule has 0 aliphatic rings. The Balaban J connectivity index is 1.35. The fraction of sp³-hybridized carbons (Fsp3) is 0.0909. The highest BCUT2D eigenvalue weighted by Gasteiger charge is 2.07. The van der Waals surface area contributed by atoms with Gasteiger partial charge < -0.3 is 0 Å². The Morgan fingerprint density at radius 2 is 1.90 bits per heavy atom. The Hall–Kier alpha value is -3.03. The number of para-hydroxylation sites is 1. The molecule has 1 amide bonds. The van der Waals surface area contributed by atoms with E-state index in [1.165, 1.54) is 4.70 Å². The van der Waals surface area contributed by atoms with E-state index < -0.39 is 0 Å². The van der Waals surface area contributed by atoms with Gasteiger partial charge >= 0.3 is 0 Å². The SMILES string of the molecule is C/C(=N/NC(=O)c1ccc(CSc2nc3ccccc3s2)cc1)c1cccnc1. The van der Waals surface area contributed by atoms with Crippen molar-refractivity contribution < 1.29 is 4.79 Å². The van der Waals surface area contributed by atoms with Crippen LogP contribution in [0.3, 0.4) is 0 Å². The van der Waals surface area contributed by atoms with Crippen LogP contribution in [0.25, 0.3) is 10.2 Å². The number of thioether (sulfide) groups is 1. The molecule has 2 aromatic carbocycles. The van der Waals surface area contributed by atoms with E-state index in [9.17, 15) is 4.79 Å². The molecule has 0 fully saturated rings. The summed E-state index contributed by atoms with van der Waals surface area (Å²) in [6.07, 6.45) is 3.41. The summed E-state index contributed by atoms with van der Waals surface area (Å²) in [5.74, 6) is 0.568. The van der Waals surface area contributed by atoms with Gasteiger partial charge in [-0.05, 0) is 42.8 Å². The molecule has 0 atom stereocenters. The van der Waals surface area contributed by atoms with Crippen molar-refractivity contribution in [1.82, 2.24) is 15.4 Å². The van der Waals surface area contributed by atoms with Crippen molar-refractivity contribution in [3.05, 3.63) is 89.7 Å². The number of pyridine rings is 1. The number of benzene rings is 2. The number of nitrogens with zero attached hydrogens (tertiary/aromatic N) is 3. The molecule has 29 heavy (non-hydrogen) atoms. The number of amides is 1. The van der Waals surface area contributed by atoms with Gasteiger partial charge in [0.2, 0.25) is 0 Å². The molecule has 2 heterocycles. The van der Waals surface area contributed by atoms with Crippen LogP contribution in [0, 0.1) is 0 Å². The summed E-state index contributed by atoms with van der Waals surface area (Å²) in [5, 5.41) is 4.16. The topological polar surface area (TPSA) is 67.2 Å². The largest absolute Gasteiger partial charge is 0.271 e. The van der Waals surface area contributed by atoms with E-state index in [4.69, 9.17) is 0 Å². The second-order valence-electron chi connectivity index (χ2n) is 6.31. The molecule has 4 aromatic rings. The zero-order valence-corrected chi connectivity index (χ0v) is 17.3. The van der Waals surface area contributed by atoms with E-state index >= 15 is 0 Å². The lowest BCUT2D eigenvalue weighted by Gasteiger charge is -2.04. The van der Waals surface area contributed by atoms with Crippen molar-refractivity contribution in [2.45, 2.75) is 17.0 Å². The highest BCUT2D eigenvalue weighted by molar-refractivity contribution is 8.00. The van der Waals surface area contributed by atoms with Gasteiger partial charge in [-0.2, -0.15) is 5.10 Å². The van der Waals surface area contributed by atoms with Crippen molar-refractivity contribution in [3.63, 3.8) is 0 Å². The maximum absolute atomic E-state index is 12.3.